The van der Waals surface area contributed by atoms with Crippen molar-refractivity contribution in [3.8, 4) is 0 Å². The number of cyclic esters (lactones) is 1. The number of hydrogen-bond acceptors (Lipinski definition) is 4. The van der Waals surface area contributed by atoms with Gasteiger partial charge in [0.2, 0.25) is 0 Å². The van der Waals surface area contributed by atoms with Crippen LogP contribution in [0.25, 0.3) is 0 Å². The fourth-order valence-electron chi connectivity index (χ4n) is 1.77. The van der Waals surface area contributed by atoms with Gasteiger partial charge in [-0.25, -0.2) is 4.79 Å². The van der Waals surface area contributed by atoms with E-state index in [0.717, 1.165) is 17.5 Å². The highest BCUT2D eigenvalue weighted by atomic mass is 16.6. The summed E-state index contributed by atoms with van der Waals surface area (Å²) in [4.78, 5) is 23.3. The topological polar surface area (TPSA) is 72.6 Å². The maximum absolute atomic E-state index is 11.3. The van der Waals surface area contributed by atoms with Crippen molar-refractivity contribution < 1.29 is 14.3 Å². The minimum absolute atomic E-state index is 0.285. The summed E-state index contributed by atoms with van der Waals surface area (Å²) in [5, 5.41) is 0. The molecule has 90 valence electrons. The number of ether oxygens (including phenoxy) is 1. The monoisotopic (exact) mass is 234 g/mol. The number of carbonyl (C=O) groups excluding carboxylic acids is 2. The highest BCUT2D eigenvalue weighted by Crippen LogP contribution is 2.21. The predicted octanol–water partition coefficient (Wildman–Crippen LogP) is 1.23. The summed E-state index contributed by atoms with van der Waals surface area (Å²) < 4.78 is 4.85. The summed E-state index contributed by atoms with van der Waals surface area (Å²) in [7, 11) is 0. The van der Waals surface area contributed by atoms with Gasteiger partial charge < -0.3 is 15.3 Å². The van der Waals surface area contributed by atoms with E-state index in [4.69, 9.17) is 10.5 Å². The number of benzene rings is 1. The van der Waals surface area contributed by atoms with E-state index in [1.165, 1.54) is 0 Å². The van der Waals surface area contributed by atoms with Crippen LogP contribution in [0.4, 0.5) is 10.5 Å². The van der Waals surface area contributed by atoms with Crippen LogP contribution in [0.3, 0.4) is 0 Å². The SMILES string of the molecule is N[C@H](CC=O)c1ccc(N2CCOC2=O)cc1. The molecule has 1 aromatic carbocycles. The van der Waals surface area contributed by atoms with Crippen molar-refractivity contribution >= 4 is 18.1 Å². The summed E-state index contributed by atoms with van der Waals surface area (Å²) in [5.74, 6) is 0. The van der Waals surface area contributed by atoms with Crippen LogP contribution >= 0.6 is 0 Å². The van der Waals surface area contributed by atoms with E-state index >= 15 is 0 Å². The molecule has 1 aliphatic rings. The van der Waals surface area contributed by atoms with Gasteiger partial charge in [-0.05, 0) is 17.7 Å². The van der Waals surface area contributed by atoms with Crippen LogP contribution in [-0.2, 0) is 9.53 Å². The average molecular weight is 234 g/mol. The Bertz CT molecular complexity index is 416. The number of nitrogens with zero attached hydrogens (tertiary/aromatic N) is 1. The zero-order chi connectivity index (χ0) is 12.3. The van der Waals surface area contributed by atoms with Gasteiger partial charge in [0.1, 0.15) is 12.9 Å². The first-order valence-electron chi connectivity index (χ1n) is 5.46. The molecular weight excluding hydrogens is 220 g/mol. The molecule has 17 heavy (non-hydrogen) atoms. The molecule has 1 heterocycles. The van der Waals surface area contributed by atoms with E-state index < -0.39 is 0 Å². The first-order valence-corrected chi connectivity index (χ1v) is 5.46. The van der Waals surface area contributed by atoms with Gasteiger partial charge in [0, 0.05) is 18.2 Å². The van der Waals surface area contributed by atoms with Crippen LogP contribution in [-0.4, -0.2) is 25.5 Å². The molecule has 1 fully saturated rings. The van der Waals surface area contributed by atoms with Crippen LogP contribution in [0.2, 0.25) is 0 Å². The van der Waals surface area contributed by atoms with Crippen molar-refractivity contribution in [2.24, 2.45) is 5.73 Å². The molecule has 5 nitrogen and oxygen atoms in total. The molecule has 0 bridgehead atoms. The summed E-state index contributed by atoms with van der Waals surface area (Å²) >= 11 is 0. The van der Waals surface area contributed by atoms with Crippen molar-refractivity contribution in [2.75, 3.05) is 18.1 Å². The first kappa shape index (κ1) is 11.6. The lowest BCUT2D eigenvalue weighted by atomic mass is 10.0. The van der Waals surface area contributed by atoms with E-state index in [1.54, 1.807) is 4.90 Å². The van der Waals surface area contributed by atoms with Crippen molar-refractivity contribution in [3.63, 3.8) is 0 Å². The van der Waals surface area contributed by atoms with E-state index in [0.29, 0.717) is 19.6 Å². The number of nitrogens with two attached hydrogens (primary N) is 1. The Labute approximate surface area is 99.2 Å². The summed E-state index contributed by atoms with van der Waals surface area (Å²) in [6, 6.07) is 7.00. The Hall–Kier alpha value is -1.88. The van der Waals surface area contributed by atoms with E-state index in [2.05, 4.69) is 0 Å². The van der Waals surface area contributed by atoms with Crippen molar-refractivity contribution in [1.82, 2.24) is 0 Å². The predicted molar refractivity (Wildman–Crippen MR) is 62.7 cm³/mol. The van der Waals surface area contributed by atoms with Gasteiger partial charge in [-0.2, -0.15) is 0 Å². The van der Waals surface area contributed by atoms with E-state index in [9.17, 15) is 9.59 Å². The largest absolute Gasteiger partial charge is 0.447 e. The molecule has 0 unspecified atom stereocenters. The Kier molecular flexibility index (Phi) is 3.39. The standard InChI is InChI=1S/C12H14N2O3/c13-11(5-7-15)9-1-3-10(4-2-9)14-6-8-17-12(14)16/h1-4,7,11H,5-6,8,13H2/t11-/m1/s1. The minimum Gasteiger partial charge on any atom is -0.447 e. The third-order valence-corrected chi connectivity index (χ3v) is 2.74. The smallest absolute Gasteiger partial charge is 0.414 e. The summed E-state index contributed by atoms with van der Waals surface area (Å²) in [5.41, 5.74) is 7.47. The fraction of sp³-hybridized carbons (Fsp3) is 0.333. The highest BCUT2D eigenvalue weighted by Gasteiger charge is 2.23. The Morgan fingerprint density at radius 2 is 2.12 bits per heavy atom. The lowest BCUT2D eigenvalue weighted by Gasteiger charge is -2.14. The molecule has 1 amide bonds. The van der Waals surface area contributed by atoms with E-state index in [1.807, 2.05) is 24.3 Å². The molecule has 0 aromatic heterocycles. The minimum atomic E-state index is -0.324. The maximum atomic E-state index is 11.3. The molecule has 2 N–H and O–H groups in total. The van der Waals surface area contributed by atoms with Crippen LogP contribution in [0.5, 0.6) is 0 Å². The van der Waals surface area contributed by atoms with Crippen molar-refractivity contribution in [2.45, 2.75) is 12.5 Å². The third kappa shape index (κ3) is 2.45. The molecule has 1 saturated heterocycles. The molecule has 0 aliphatic carbocycles. The number of anilines is 1. The summed E-state index contributed by atoms with van der Waals surface area (Å²) in [6.45, 7) is 0.990. The molecule has 1 atom stereocenters. The maximum Gasteiger partial charge on any atom is 0.414 e. The normalized spacial score (nSPS) is 16.8. The number of carbonyl (C=O) groups is 2. The Balaban J connectivity index is 2.12. The van der Waals surface area contributed by atoms with Crippen LogP contribution in [0.1, 0.15) is 18.0 Å². The Morgan fingerprint density at radius 1 is 1.41 bits per heavy atom. The summed E-state index contributed by atoms with van der Waals surface area (Å²) in [6.07, 6.45) is 0.775. The lowest BCUT2D eigenvalue weighted by Crippen LogP contribution is -2.23. The molecule has 1 aromatic rings. The Morgan fingerprint density at radius 3 is 2.65 bits per heavy atom. The second-order valence-corrected chi connectivity index (χ2v) is 3.87. The van der Waals surface area contributed by atoms with Crippen LogP contribution in [0.15, 0.2) is 24.3 Å². The lowest BCUT2D eigenvalue weighted by molar-refractivity contribution is -0.108. The number of aldehydes is 1. The molecule has 2 rings (SSSR count). The molecule has 1 aliphatic heterocycles. The van der Waals surface area contributed by atoms with Gasteiger partial charge in [-0.15, -0.1) is 0 Å². The van der Waals surface area contributed by atoms with Gasteiger partial charge in [-0.1, -0.05) is 12.1 Å². The van der Waals surface area contributed by atoms with Crippen LogP contribution in [0, 0.1) is 0 Å². The number of hydrogen-bond donors (Lipinski definition) is 1. The van der Waals surface area contributed by atoms with Gasteiger partial charge in [0.05, 0.1) is 6.54 Å². The third-order valence-electron chi connectivity index (χ3n) is 2.74. The molecule has 5 heteroatoms. The van der Waals surface area contributed by atoms with Crippen LogP contribution < -0.4 is 10.6 Å². The quantitative estimate of drug-likeness (QED) is 0.795. The second kappa shape index (κ2) is 4.97. The fourth-order valence-corrected chi connectivity index (χ4v) is 1.77. The number of amides is 1. The zero-order valence-corrected chi connectivity index (χ0v) is 9.33. The van der Waals surface area contributed by atoms with Crippen molar-refractivity contribution in [3.05, 3.63) is 29.8 Å². The van der Waals surface area contributed by atoms with Gasteiger partial charge in [0.15, 0.2) is 0 Å². The van der Waals surface area contributed by atoms with Gasteiger partial charge in [0.25, 0.3) is 0 Å². The number of rotatable bonds is 4. The van der Waals surface area contributed by atoms with Gasteiger partial charge >= 0.3 is 6.09 Å². The van der Waals surface area contributed by atoms with Crippen molar-refractivity contribution in [1.29, 1.82) is 0 Å². The zero-order valence-electron chi connectivity index (χ0n) is 9.33. The van der Waals surface area contributed by atoms with Gasteiger partial charge in [-0.3, -0.25) is 4.90 Å². The second-order valence-electron chi connectivity index (χ2n) is 3.87. The van der Waals surface area contributed by atoms with E-state index in [-0.39, 0.29) is 12.1 Å². The molecule has 0 spiro atoms. The average Bonchev–Trinajstić information content (AvgIpc) is 2.76. The molecule has 0 saturated carbocycles. The highest BCUT2D eigenvalue weighted by molar-refractivity contribution is 5.89. The molecular formula is C12H14N2O3. The molecule has 0 radical (unpaired) electrons. The first-order chi connectivity index (χ1) is 8.22.